The van der Waals surface area contributed by atoms with Crippen molar-refractivity contribution in [3.8, 4) is 0 Å². The quantitative estimate of drug-likeness (QED) is 0.470. The molecule has 1 fully saturated rings. The van der Waals surface area contributed by atoms with E-state index >= 15 is 0 Å². The van der Waals surface area contributed by atoms with Crippen molar-refractivity contribution in [1.29, 1.82) is 0 Å². The molecule has 23 heavy (non-hydrogen) atoms. The molecule has 1 aliphatic rings. The van der Waals surface area contributed by atoms with Crippen LogP contribution in [0.4, 0.5) is 0 Å². The van der Waals surface area contributed by atoms with E-state index in [2.05, 4.69) is 44.2 Å². The minimum Gasteiger partial charge on any atom is -0.385 e. The molecule has 0 saturated heterocycles. The van der Waals surface area contributed by atoms with Gasteiger partial charge in [0.1, 0.15) is 0 Å². The Hall–Kier alpha value is -1.08. The molecule has 0 aliphatic heterocycles. The van der Waals surface area contributed by atoms with Gasteiger partial charge in [0, 0.05) is 0 Å². The van der Waals surface area contributed by atoms with Gasteiger partial charge in [0.2, 0.25) is 0 Å². The number of hydrogen-bond acceptors (Lipinski definition) is 1. The van der Waals surface area contributed by atoms with E-state index in [-0.39, 0.29) is 0 Å². The molecule has 0 unspecified atom stereocenters. The van der Waals surface area contributed by atoms with Crippen molar-refractivity contribution in [2.24, 2.45) is 5.92 Å². The molecule has 1 aromatic rings. The van der Waals surface area contributed by atoms with Crippen LogP contribution < -0.4 is 0 Å². The Balaban J connectivity index is 1.77. The lowest BCUT2D eigenvalue weighted by molar-refractivity contribution is 0.169. The van der Waals surface area contributed by atoms with Gasteiger partial charge in [-0.05, 0) is 36.3 Å². The second-order valence-corrected chi connectivity index (χ2v) is 7.33. The molecular weight excluding hydrogens is 280 g/mol. The normalized spacial score (nSPS) is 24.0. The smallest absolute Gasteiger partial charge is 0.0890 e. The van der Waals surface area contributed by atoms with Gasteiger partial charge in [0.05, 0.1) is 5.60 Å². The first-order chi connectivity index (χ1) is 11.2. The van der Waals surface area contributed by atoms with Gasteiger partial charge in [0.15, 0.2) is 0 Å². The van der Waals surface area contributed by atoms with E-state index in [1.165, 1.54) is 62.5 Å². The van der Waals surface area contributed by atoms with Crippen molar-refractivity contribution >= 4 is 6.08 Å². The first-order valence-electron chi connectivity index (χ1n) is 9.65. The standard InChI is InChI=1S/C22H34O/c1-3-4-5-6-7-8-9-13-16-21(22(23)18-19(22)2)17-20-14-11-10-12-15-20/h10-12,14-15,17,19,23H,3-9,13,16,18H2,1-2H3/b21-17-/t19-,22-/m0/s1. The van der Waals surface area contributed by atoms with Gasteiger partial charge in [-0.25, -0.2) is 0 Å². The maximum atomic E-state index is 10.7. The maximum Gasteiger partial charge on any atom is 0.0890 e. The van der Waals surface area contributed by atoms with E-state index in [1.54, 1.807) is 0 Å². The Morgan fingerprint density at radius 1 is 1.04 bits per heavy atom. The van der Waals surface area contributed by atoms with Crippen LogP contribution in [0.3, 0.4) is 0 Å². The molecule has 1 N–H and O–H groups in total. The van der Waals surface area contributed by atoms with Gasteiger partial charge >= 0.3 is 0 Å². The molecule has 2 atom stereocenters. The van der Waals surface area contributed by atoms with E-state index in [1.807, 2.05) is 6.07 Å². The minimum atomic E-state index is -0.517. The van der Waals surface area contributed by atoms with Crippen molar-refractivity contribution in [3.05, 3.63) is 41.5 Å². The summed E-state index contributed by atoms with van der Waals surface area (Å²) in [6.45, 7) is 4.43. The highest BCUT2D eigenvalue weighted by atomic mass is 16.3. The van der Waals surface area contributed by atoms with Crippen LogP contribution in [0.15, 0.2) is 35.9 Å². The summed E-state index contributed by atoms with van der Waals surface area (Å²) < 4.78 is 0. The molecule has 0 bridgehead atoms. The van der Waals surface area contributed by atoms with Gasteiger partial charge < -0.3 is 5.11 Å². The van der Waals surface area contributed by atoms with Gasteiger partial charge in [0.25, 0.3) is 0 Å². The predicted molar refractivity (Wildman–Crippen MR) is 100 cm³/mol. The number of rotatable bonds is 11. The number of hydrogen-bond donors (Lipinski definition) is 1. The molecule has 0 heterocycles. The van der Waals surface area contributed by atoms with Crippen LogP contribution in [0.5, 0.6) is 0 Å². The van der Waals surface area contributed by atoms with Crippen LogP contribution in [-0.2, 0) is 0 Å². The highest BCUT2D eigenvalue weighted by Gasteiger charge is 2.51. The van der Waals surface area contributed by atoms with E-state index in [4.69, 9.17) is 0 Å². The van der Waals surface area contributed by atoms with Crippen LogP contribution in [-0.4, -0.2) is 10.7 Å². The van der Waals surface area contributed by atoms with E-state index in [9.17, 15) is 5.11 Å². The van der Waals surface area contributed by atoms with Gasteiger partial charge in [-0.2, -0.15) is 0 Å². The van der Waals surface area contributed by atoms with Gasteiger partial charge in [-0.3, -0.25) is 0 Å². The summed E-state index contributed by atoms with van der Waals surface area (Å²) in [6.07, 6.45) is 14.9. The molecule has 1 nitrogen and oxygen atoms in total. The van der Waals surface area contributed by atoms with Crippen LogP contribution in [0.25, 0.3) is 6.08 Å². The van der Waals surface area contributed by atoms with Crippen molar-refractivity contribution in [2.45, 2.75) is 83.7 Å². The van der Waals surface area contributed by atoms with Crippen LogP contribution in [0.2, 0.25) is 0 Å². The van der Waals surface area contributed by atoms with Crippen LogP contribution in [0, 0.1) is 5.92 Å². The molecule has 0 spiro atoms. The average Bonchev–Trinajstić information content (AvgIpc) is 3.18. The summed E-state index contributed by atoms with van der Waals surface area (Å²) in [7, 11) is 0. The van der Waals surface area contributed by atoms with Crippen LogP contribution >= 0.6 is 0 Å². The second kappa shape index (κ2) is 9.27. The largest absolute Gasteiger partial charge is 0.385 e. The van der Waals surface area contributed by atoms with Crippen molar-refractivity contribution in [2.75, 3.05) is 0 Å². The fourth-order valence-electron chi connectivity index (χ4n) is 3.47. The number of benzene rings is 1. The minimum absolute atomic E-state index is 0.423. The van der Waals surface area contributed by atoms with Crippen molar-refractivity contribution in [1.82, 2.24) is 0 Å². The first-order valence-corrected chi connectivity index (χ1v) is 9.65. The third-order valence-electron chi connectivity index (χ3n) is 5.27. The topological polar surface area (TPSA) is 20.2 Å². The molecule has 0 amide bonds. The lowest BCUT2D eigenvalue weighted by Crippen LogP contribution is -2.14. The molecule has 0 radical (unpaired) electrons. The molecule has 2 rings (SSSR count). The fraction of sp³-hybridized carbons (Fsp3) is 0.636. The third kappa shape index (κ3) is 5.80. The second-order valence-electron chi connectivity index (χ2n) is 7.33. The highest BCUT2D eigenvalue weighted by molar-refractivity contribution is 5.56. The lowest BCUT2D eigenvalue weighted by Gasteiger charge is -2.15. The Morgan fingerprint density at radius 3 is 2.17 bits per heavy atom. The average molecular weight is 315 g/mol. The van der Waals surface area contributed by atoms with E-state index in [0.29, 0.717) is 5.92 Å². The Morgan fingerprint density at radius 2 is 1.61 bits per heavy atom. The fourth-order valence-corrected chi connectivity index (χ4v) is 3.47. The highest BCUT2D eigenvalue weighted by Crippen LogP contribution is 2.50. The monoisotopic (exact) mass is 314 g/mol. The van der Waals surface area contributed by atoms with Crippen molar-refractivity contribution < 1.29 is 5.11 Å². The molecular formula is C22H34O. The predicted octanol–water partition coefficient (Wildman–Crippen LogP) is 6.37. The number of aliphatic hydroxyl groups is 1. The summed E-state index contributed by atoms with van der Waals surface area (Å²) in [5.74, 6) is 0.423. The van der Waals surface area contributed by atoms with E-state index in [0.717, 1.165) is 12.8 Å². The van der Waals surface area contributed by atoms with E-state index < -0.39 is 5.60 Å². The summed E-state index contributed by atoms with van der Waals surface area (Å²) in [6, 6.07) is 10.4. The summed E-state index contributed by atoms with van der Waals surface area (Å²) in [4.78, 5) is 0. The SMILES string of the molecule is CCCCCCCCCC/C(=C/c1ccccc1)[C@]1(O)C[C@@H]1C. The molecule has 1 aliphatic carbocycles. The molecule has 1 saturated carbocycles. The lowest BCUT2D eigenvalue weighted by atomic mass is 9.96. The maximum absolute atomic E-state index is 10.7. The van der Waals surface area contributed by atoms with Gasteiger partial charge in [-0.1, -0.05) is 95.2 Å². The third-order valence-corrected chi connectivity index (χ3v) is 5.27. The Labute approximate surface area is 142 Å². The zero-order valence-electron chi connectivity index (χ0n) is 15.1. The summed E-state index contributed by atoms with van der Waals surface area (Å²) in [5.41, 5.74) is 1.95. The Bertz CT molecular complexity index is 476. The van der Waals surface area contributed by atoms with Crippen LogP contribution in [0.1, 0.15) is 83.6 Å². The molecule has 1 heteroatoms. The first kappa shape index (κ1) is 18.3. The van der Waals surface area contributed by atoms with Gasteiger partial charge in [-0.15, -0.1) is 0 Å². The summed E-state index contributed by atoms with van der Waals surface area (Å²) >= 11 is 0. The Kier molecular flexibility index (Phi) is 7.36. The zero-order chi connectivity index (χ0) is 16.5. The molecule has 128 valence electrons. The molecule has 1 aromatic carbocycles. The zero-order valence-corrected chi connectivity index (χ0v) is 15.1. The number of unbranched alkanes of at least 4 members (excludes halogenated alkanes) is 7. The van der Waals surface area contributed by atoms with Crippen molar-refractivity contribution in [3.63, 3.8) is 0 Å². The summed E-state index contributed by atoms with van der Waals surface area (Å²) in [5, 5.41) is 10.7. The molecule has 0 aromatic heterocycles.